The van der Waals surface area contributed by atoms with Gasteiger partial charge in [0.2, 0.25) is 0 Å². The predicted molar refractivity (Wildman–Crippen MR) is 59.0 cm³/mol. The average molecular weight is 320 g/mol. The van der Waals surface area contributed by atoms with Gasteiger partial charge in [-0.1, -0.05) is 51.1 Å². The molecule has 80 valence electrons. The molecule has 0 aromatic rings. The second kappa shape index (κ2) is 7.17. The molecule has 0 amide bonds. The molecule has 0 aromatic carbocycles. The Hall–Kier alpha value is 0.840. The maximum Gasteiger partial charge on any atom is 0.288 e. The van der Waals surface area contributed by atoms with E-state index in [1.54, 1.807) is 0 Å². The van der Waals surface area contributed by atoms with Crippen molar-refractivity contribution in [3.05, 3.63) is 0 Å². The normalized spacial score (nSPS) is 14.5. The van der Waals surface area contributed by atoms with Gasteiger partial charge in [0.15, 0.2) is 0 Å². The highest BCUT2D eigenvalue weighted by molar-refractivity contribution is 9.09. The maximum absolute atomic E-state index is 8.75. The van der Waals surface area contributed by atoms with E-state index < -0.39 is 10.8 Å². The van der Waals surface area contributed by atoms with Crippen LogP contribution in [-0.4, -0.2) is 31.5 Å². The third kappa shape index (κ3) is 7.88. The van der Waals surface area contributed by atoms with Crippen molar-refractivity contribution < 1.29 is 15.3 Å². The molecule has 1 unspecified atom stereocenters. The molecule has 0 aliphatic carbocycles. The number of alkyl halides is 2. The Morgan fingerprint density at radius 2 is 1.54 bits per heavy atom. The fourth-order valence-electron chi connectivity index (χ4n) is 0.965. The Balaban J connectivity index is 3.32. The van der Waals surface area contributed by atoms with Crippen LogP contribution in [0.15, 0.2) is 0 Å². The molecule has 0 aromatic heterocycles. The minimum atomic E-state index is -2.59. The molecule has 5 heteroatoms. The van der Waals surface area contributed by atoms with E-state index in [2.05, 4.69) is 31.9 Å². The number of halogens is 2. The molecule has 0 saturated carbocycles. The lowest BCUT2D eigenvalue weighted by Gasteiger charge is -2.20. The highest BCUT2D eigenvalue weighted by atomic mass is 79.9. The van der Waals surface area contributed by atoms with E-state index in [9.17, 15) is 0 Å². The van der Waals surface area contributed by atoms with E-state index >= 15 is 0 Å². The summed E-state index contributed by atoms with van der Waals surface area (Å²) < 4.78 is 0. The SMILES string of the molecule is OC(O)(O)C(Br)CCCCCCBr. The van der Waals surface area contributed by atoms with E-state index in [-0.39, 0.29) is 0 Å². The van der Waals surface area contributed by atoms with Gasteiger partial charge in [0.25, 0.3) is 5.97 Å². The fourth-order valence-corrected chi connectivity index (χ4v) is 1.69. The highest BCUT2D eigenvalue weighted by Crippen LogP contribution is 2.19. The molecule has 3 nitrogen and oxygen atoms in total. The van der Waals surface area contributed by atoms with Crippen LogP contribution in [-0.2, 0) is 0 Å². The number of rotatable bonds is 7. The van der Waals surface area contributed by atoms with Gasteiger partial charge in [-0.05, 0) is 12.8 Å². The summed E-state index contributed by atoms with van der Waals surface area (Å²) in [6.07, 6.45) is 4.75. The largest absolute Gasteiger partial charge is 0.343 e. The Morgan fingerprint density at radius 1 is 1.00 bits per heavy atom. The summed E-state index contributed by atoms with van der Waals surface area (Å²) in [4.78, 5) is -0.663. The maximum atomic E-state index is 8.75. The Bertz CT molecular complexity index is 125. The summed E-state index contributed by atoms with van der Waals surface area (Å²) in [5.74, 6) is -2.59. The Morgan fingerprint density at radius 3 is 2.00 bits per heavy atom. The summed E-state index contributed by atoms with van der Waals surface area (Å²) in [6, 6.07) is 0. The lowest BCUT2D eigenvalue weighted by molar-refractivity contribution is -0.309. The fraction of sp³-hybridized carbons (Fsp3) is 1.00. The third-order valence-corrected chi connectivity index (χ3v) is 3.39. The Kier molecular flexibility index (Phi) is 7.64. The number of hydrogen-bond donors (Lipinski definition) is 3. The van der Waals surface area contributed by atoms with Crippen molar-refractivity contribution in [1.29, 1.82) is 0 Å². The number of unbranched alkanes of at least 4 members (excludes halogenated alkanes) is 3. The topological polar surface area (TPSA) is 60.7 Å². The summed E-state index contributed by atoms with van der Waals surface area (Å²) in [6.45, 7) is 0. The van der Waals surface area contributed by atoms with Gasteiger partial charge in [-0.3, -0.25) is 0 Å². The standard InChI is InChI=1S/C8H16Br2O3/c9-6-4-2-1-3-5-7(10)8(11,12)13/h7,11-13H,1-6H2. The van der Waals surface area contributed by atoms with Gasteiger partial charge in [-0.25, -0.2) is 0 Å². The lowest BCUT2D eigenvalue weighted by atomic mass is 10.1. The van der Waals surface area contributed by atoms with E-state index in [0.717, 1.165) is 31.0 Å². The second-order valence-corrected chi connectivity index (χ2v) is 4.95. The second-order valence-electron chi connectivity index (χ2n) is 3.05. The van der Waals surface area contributed by atoms with E-state index in [4.69, 9.17) is 15.3 Å². The van der Waals surface area contributed by atoms with Gasteiger partial charge < -0.3 is 15.3 Å². The molecule has 13 heavy (non-hydrogen) atoms. The van der Waals surface area contributed by atoms with Crippen LogP contribution in [0.3, 0.4) is 0 Å². The van der Waals surface area contributed by atoms with Crippen molar-refractivity contribution in [3.63, 3.8) is 0 Å². The lowest BCUT2D eigenvalue weighted by Crippen LogP contribution is -2.37. The molecular weight excluding hydrogens is 304 g/mol. The number of hydrogen-bond acceptors (Lipinski definition) is 3. The van der Waals surface area contributed by atoms with Crippen molar-refractivity contribution in [2.45, 2.75) is 42.9 Å². The number of aliphatic hydroxyl groups is 3. The zero-order chi connectivity index (χ0) is 10.3. The molecule has 0 fully saturated rings. The molecule has 0 heterocycles. The van der Waals surface area contributed by atoms with Gasteiger partial charge in [0, 0.05) is 5.33 Å². The first-order valence-electron chi connectivity index (χ1n) is 4.35. The van der Waals surface area contributed by atoms with Gasteiger partial charge in [0.05, 0.1) is 4.83 Å². The molecule has 0 radical (unpaired) electrons. The minimum Gasteiger partial charge on any atom is -0.343 e. The minimum absolute atomic E-state index is 0.561. The first kappa shape index (κ1) is 13.8. The van der Waals surface area contributed by atoms with Crippen LogP contribution in [0, 0.1) is 0 Å². The molecule has 0 aliphatic heterocycles. The van der Waals surface area contributed by atoms with Crippen LogP contribution in [0.2, 0.25) is 0 Å². The predicted octanol–water partition coefficient (Wildman–Crippen LogP) is 1.73. The molecular formula is C8H16Br2O3. The van der Waals surface area contributed by atoms with Crippen LogP contribution in [0.1, 0.15) is 32.1 Å². The zero-order valence-electron chi connectivity index (χ0n) is 7.42. The summed E-state index contributed by atoms with van der Waals surface area (Å²) in [5.41, 5.74) is 0. The molecule has 0 saturated heterocycles. The van der Waals surface area contributed by atoms with Crippen LogP contribution >= 0.6 is 31.9 Å². The van der Waals surface area contributed by atoms with E-state index in [1.807, 2.05) is 0 Å². The summed E-state index contributed by atoms with van der Waals surface area (Å²) >= 11 is 6.34. The van der Waals surface area contributed by atoms with E-state index in [1.165, 1.54) is 0 Å². The smallest absolute Gasteiger partial charge is 0.288 e. The molecule has 0 spiro atoms. The zero-order valence-corrected chi connectivity index (χ0v) is 10.6. The first-order valence-corrected chi connectivity index (χ1v) is 6.39. The van der Waals surface area contributed by atoms with Crippen LogP contribution < -0.4 is 0 Å². The monoisotopic (exact) mass is 318 g/mol. The van der Waals surface area contributed by atoms with Gasteiger partial charge in [-0.2, -0.15) is 0 Å². The summed E-state index contributed by atoms with van der Waals surface area (Å²) in [5, 5.41) is 27.2. The Labute approximate surface area is 95.4 Å². The highest BCUT2D eigenvalue weighted by Gasteiger charge is 2.28. The first-order chi connectivity index (χ1) is 5.98. The van der Waals surface area contributed by atoms with Crippen molar-refractivity contribution in [2.24, 2.45) is 0 Å². The van der Waals surface area contributed by atoms with Crippen molar-refractivity contribution in [2.75, 3.05) is 5.33 Å². The van der Waals surface area contributed by atoms with Gasteiger partial charge in [-0.15, -0.1) is 0 Å². The molecule has 0 aliphatic rings. The van der Waals surface area contributed by atoms with Crippen molar-refractivity contribution >= 4 is 31.9 Å². The summed E-state index contributed by atoms with van der Waals surface area (Å²) in [7, 11) is 0. The van der Waals surface area contributed by atoms with E-state index in [0.29, 0.717) is 6.42 Å². The van der Waals surface area contributed by atoms with Crippen molar-refractivity contribution in [3.8, 4) is 0 Å². The van der Waals surface area contributed by atoms with Gasteiger partial charge in [0.1, 0.15) is 0 Å². The molecule has 0 bridgehead atoms. The average Bonchev–Trinajstić information content (AvgIpc) is 2.02. The van der Waals surface area contributed by atoms with Crippen molar-refractivity contribution in [1.82, 2.24) is 0 Å². The molecule has 0 rings (SSSR count). The molecule has 3 N–H and O–H groups in total. The van der Waals surface area contributed by atoms with Gasteiger partial charge >= 0.3 is 0 Å². The quantitative estimate of drug-likeness (QED) is 0.380. The molecule has 1 atom stereocenters. The third-order valence-electron chi connectivity index (χ3n) is 1.76. The van der Waals surface area contributed by atoms with Crippen LogP contribution in [0.5, 0.6) is 0 Å². The van der Waals surface area contributed by atoms with Crippen LogP contribution in [0.25, 0.3) is 0 Å². The van der Waals surface area contributed by atoms with Crippen LogP contribution in [0.4, 0.5) is 0 Å².